The van der Waals surface area contributed by atoms with Crippen LogP contribution < -0.4 is 5.73 Å². The molecule has 0 saturated heterocycles. The molecule has 0 radical (unpaired) electrons. The molecule has 0 aliphatic carbocycles. The van der Waals surface area contributed by atoms with Crippen LogP contribution in [0.5, 0.6) is 0 Å². The van der Waals surface area contributed by atoms with Gasteiger partial charge in [-0.15, -0.1) is 0 Å². The molecule has 98 valence electrons. The largest absolute Gasteiger partial charge is 0.465 e. The normalized spacial score (nSPS) is 19.5. The number of carboxylic acid groups (broad SMARTS) is 1. The first kappa shape index (κ1) is 12.7. The number of nitrogens with two attached hydrogens (primary N) is 1. The summed E-state index contributed by atoms with van der Waals surface area (Å²) in [6, 6.07) is 5.67. The maximum atomic E-state index is 11.4. The fraction of sp³-hybridized carbons (Fsp3) is 0.500. The van der Waals surface area contributed by atoms with Crippen LogP contribution in [0.3, 0.4) is 0 Å². The summed E-state index contributed by atoms with van der Waals surface area (Å²) in [5, 5.41) is 9.35. The van der Waals surface area contributed by atoms with Crippen molar-refractivity contribution in [3.05, 3.63) is 29.3 Å². The summed E-state index contributed by atoms with van der Waals surface area (Å²) in [5.41, 5.74) is 8.67. The quantitative estimate of drug-likeness (QED) is 0.694. The summed E-state index contributed by atoms with van der Waals surface area (Å²) >= 11 is 0. The van der Waals surface area contributed by atoms with Crippen molar-refractivity contribution in [1.82, 2.24) is 4.90 Å². The van der Waals surface area contributed by atoms with Crippen molar-refractivity contribution < 1.29 is 9.90 Å². The summed E-state index contributed by atoms with van der Waals surface area (Å²) in [5.74, 6) is 0. The molecule has 0 saturated carbocycles. The van der Waals surface area contributed by atoms with Gasteiger partial charge in [-0.25, -0.2) is 4.79 Å². The van der Waals surface area contributed by atoms with Gasteiger partial charge in [0, 0.05) is 12.2 Å². The van der Waals surface area contributed by atoms with Crippen LogP contribution in [0.25, 0.3) is 0 Å². The van der Waals surface area contributed by atoms with Crippen LogP contribution in [0.2, 0.25) is 0 Å². The van der Waals surface area contributed by atoms with Gasteiger partial charge in [0.25, 0.3) is 0 Å². The first-order valence-corrected chi connectivity index (χ1v) is 6.18. The number of rotatable bonds is 0. The molecule has 0 bridgehead atoms. The molecular formula is C14H20N2O2. The van der Waals surface area contributed by atoms with Gasteiger partial charge in [0.1, 0.15) is 0 Å². The van der Waals surface area contributed by atoms with Crippen molar-refractivity contribution in [3.63, 3.8) is 0 Å². The van der Waals surface area contributed by atoms with E-state index in [1.54, 1.807) is 4.90 Å². The highest BCUT2D eigenvalue weighted by Gasteiger charge is 2.38. The number of hydrogen-bond donors (Lipinski definition) is 2. The molecule has 4 heteroatoms. The molecule has 4 nitrogen and oxygen atoms in total. The van der Waals surface area contributed by atoms with Crippen molar-refractivity contribution in [2.24, 2.45) is 5.41 Å². The zero-order valence-electron chi connectivity index (χ0n) is 11.1. The number of anilines is 1. The SMILES string of the molecule is CC(C)(C)C1c2ccc(N)cc2CCN1C(=O)O. The molecule has 3 N–H and O–H groups in total. The minimum Gasteiger partial charge on any atom is -0.465 e. The molecule has 0 spiro atoms. The van der Waals surface area contributed by atoms with E-state index in [1.807, 2.05) is 18.2 Å². The van der Waals surface area contributed by atoms with E-state index in [1.165, 1.54) is 5.56 Å². The molecule has 1 heterocycles. The zero-order valence-corrected chi connectivity index (χ0v) is 11.1. The molecule has 1 aromatic carbocycles. The van der Waals surface area contributed by atoms with Crippen molar-refractivity contribution in [3.8, 4) is 0 Å². The maximum Gasteiger partial charge on any atom is 0.407 e. The van der Waals surface area contributed by atoms with E-state index >= 15 is 0 Å². The lowest BCUT2D eigenvalue weighted by Gasteiger charge is -2.43. The predicted molar refractivity (Wildman–Crippen MR) is 71.5 cm³/mol. The summed E-state index contributed by atoms with van der Waals surface area (Å²) in [6.45, 7) is 6.74. The van der Waals surface area contributed by atoms with E-state index in [4.69, 9.17) is 5.73 Å². The molecule has 0 aromatic heterocycles. The topological polar surface area (TPSA) is 66.6 Å². The van der Waals surface area contributed by atoms with Crippen LogP contribution in [-0.4, -0.2) is 22.6 Å². The van der Waals surface area contributed by atoms with Crippen LogP contribution in [0.15, 0.2) is 18.2 Å². The van der Waals surface area contributed by atoms with Crippen molar-refractivity contribution >= 4 is 11.8 Å². The number of carbonyl (C=O) groups is 1. The van der Waals surface area contributed by atoms with E-state index in [-0.39, 0.29) is 11.5 Å². The summed E-state index contributed by atoms with van der Waals surface area (Å²) in [7, 11) is 0. The van der Waals surface area contributed by atoms with Gasteiger partial charge in [0.05, 0.1) is 6.04 Å². The fourth-order valence-electron chi connectivity index (χ4n) is 2.79. The van der Waals surface area contributed by atoms with Crippen LogP contribution >= 0.6 is 0 Å². The standard InChI is InChI=1S/C14H20N2O2/c1-14(2,3)12-11-5-4-10(15)8-9(11)6-7-16(12)13(17)18/h4-5,8,12H,6-7,15H2,1-3H3,(H,17,18). The van der Waals surface area contributed by atoms with Crippen LogP contribution in [0, 0.1) is 5.41 Å². The molecule has 1 aromatic rings. The molecule has 0 fully saturated rings. The number of hydrogen-bond acceptors (Lipinski definition) is 2. The lowest BCUT2D eigenvalue weighted by atomic mass is 9.77. The Labute approximate surface area is 107 Å². The second kappa shape index (κ2) is 4.19. The number of benzene rings is 1. The van der Waals surface area contributed by atoms with Gasteiger partial charge < -0.3 is 15.7 Å². The van der Waals surface area contributed by atoms with E-state index < -0.39 is 6.09 Å². The predicted octanol–water partition coefficient (Wildman–Crippen LogP) is 2.89. The number of nitrogens with zero attached hydrogens (tertiary/aromatic N) is 1. The Morgan fingerprint density at radius 3 is 2.67 bits per heavy atom. The van der Waals surface area contributed by atoms with E-state index in [9.17, 15) is 9.90 Å². The van der Waals surface area contributed by atoms with Crippen LogP contribution in [-0.2, 0) is 6.42 Å². The minimum absolute atomic E-state index is 0.112. The highest BCUT2D eigenvalue weighted by molar-refractivity contribution is 5.67. The lowest BCUT2D eigenvalue weighted by Crippen LogP contribution is -2.44. The number of fused-ring (bicyclic) bond motifs is 1. The molecule has 18 heavy (non-hydrogen) atoms. The third-order valence-corrected chi connectivity index (χ3v) is 3.46. The summed E-state index contributed by atoms with van der Waals surface area (Å²) in [6.07, 6.45) is -0.114. The van der Waals surface area contributed by atoms with Gasteiger partial charge in [-0.05, 0) is 35.1 Å². The van der Waals surface area contributed by atoms with Crippen LogP contribution in [0.4, 0.5) is 10.5 Å². The molecular weight excluding hydrogens is 228 g/mol. The van der Waals surface area contributed by atoms with Gasteiger partial charge in [-0.1, -0.05) is 26.8 Å². The van der Waals surface area contributed by atoms with Gasteiger partial charge in [-0.2, -0.15) is 0 Å². The fourth-order valence-corrected chi connectivity index (χ4v) is 2.79. The Balaban J connectivity index is 2.52. The van der Waals surface area contributed by atoms with Crippen molar-refractivity contribution in [2.45, 2.75) is 33.2 Å². The van der Waals surface area contributed by atoms with Crippen molar-refractivity contribution in [2.75, 3.05) is 12.3 Å². The Morgan fingerprint density at radius 2 is 2.11 bits per heavy atom. The van der Waals surface area contributed by atoms with Gasteiger partial charge >= 0.3 is 6.09 Å². The van der Waals surface area contributed by atoms with Crippen LogP contribution in [0.1, 0.15) is 37.9 Å². The Hall–Kier alpha value is -1.71. The lowest BCUT2D eigenvalue weighted by molar-refractivity contribution is 0.0759. The number of amides is 1. The third kappa shape index (κ3) is 2.15. The zero-order chi connectivity index (χ0) is 13.5. The van der Waals surface area contributed by atoms with Gasteiger partial charge in [-0.3, -0.25) is 0 Å². The van der Waals surface area contributed by atoms with Crippen molar-refractivity contribution in [1.29, 1.82) is 0 Å². The second-order valence-electron chi connectivity index (χ2n) is 5.95. The Kier molecular flexibility index (Phi) is 2.97. The molecule has 1 aliphatic heterocycles. The maximum absolute atomic E-state index is 11.4. The van der Waals surface area contributed by atoms with E-state index in [0.717, 1.165) is 17.7 Å². The summed E-state index contributed by atoms with van der Waals surface area (Å²) in [4.78, 5) is 12.9. The summed E-state index contributed by atoms with van der Waals surface area (Å²) < 4.78 is 0. The highest BCUT2D eigenvalue weighted by atomic mass is 16.4. The minimum atomic E-state index is -0.850. The Bertz CT molecular complexity index is 477. The van der Waals surface area contributed by atoms with Gasteiger partial charge in [0.15, 0.2) is 0 Å². The highest BCUT2D eigenvalue weighted by Crippen LogP contribution is 2.42. The molecule has 1 atom stereocenters. The Morgan fingerprint density at radius 1 is 1.44 bits per heavy atom. The first-order valence-electron chi connectivity index (χ1n) is 6.18. The average molecular weight is 248 g/mol. The van der Waals surface area contributed by atoms with Gasteiger partial charge in [0.2, 0.25) is 0 Å². The number of nitrogen functional groups attached to an aromatic ring is 1. The van der Waals surface area contributed by atoms with E-state index in [0.29, 0.717) is 6.54 Å². The molecule has 2 rings (SSSR count). The molecule has 1 aliphatic rings. The monoisotopic (exact) mass is 248 g/mol. The molecule has 1 amide bonds. The first-order chi connectivity index (χ1) is 8.30. The molecule has 1 unspecified atom stereocenters. The average Bonchev–Trinajstić information content (AvgIpc) is 2.25. The van der Waals surface area contributed by atoms with E-state index in [2.05, 4.69) is 20.8 Å². The smallest absolute Gasteiger partial charge is 0.407 e. The second-order valence-corrected chi connectivity index (χ2v) is 5.95. The third-order valence-electron chi connectivity index (χ3n) is 3.46.